The van der Waals surface area contributed by atoms with Crippen molar-refractivity contribution in [2.45, 2.75) is 136 Å². The number of alkyl halides is 5. The van der Waals surface area contributed by atoms with Gasteiger partial charge in [-0.1, -0.05) is 51.8 Å². The molecule has 4 aliphatic heterocycles. The highest BCUT2D eigenvalue weighted by Gasteiger charge is 2.41. The number of benzene rings is 2. The molecule has 0 saturated carbocycles. The number of carbonyl (C=O) groups is 5. The van der Waals surface area contributed by atoms with Crippen molar-refractivity contribution < 1.29 is 55.4 Å². The van der Waals surface area contributed by atoms with Gasteiger partial charge in [0.05, 0.1) is 35.6 Å². The van der Waals surface area contributed by atoms with E-state index in [0.29, 0.717) is 47.2 Å². The molecule has 4 aliphatic rings. The molecule has 25 heteroatoms. The van der Waals surface area contributed by atoms with Crippen molar-refractivity contribution in [2.75, 3.05) is 53.5 Å². The fourth-order valence-corrected chi connectivity index (χ4v) is 11.2. The number of hydrogen-bond acceptors (Lipinski definition) is 10. The molecule has 8 rings (SSSR count). The molecular formula is C58H81F5N8O7S5. The number of hydrogen-bond donors (Lipinski definition) is 2. The number of likely N-dealkylation sites (N-methyl/N-ethyl adjacent to an activating group) is 1. The largest absolute Gasteiger partial charge is 0.464 e. The first-order chi connectivity index (χ1) is 36.7. The topological polar surface area (TPSA) is 159 Å². The maximum Gasteiger partial charge on any atom is 0.406 e. The van der Waals surface area contributed by atoms with Crippen molar-refractivity contribution in [1.82, 2.24) is 40.0 Å². The van der Waals surface area contributed by atoms with Gasteiger partial charge in [-0.25, -0.2) is 14.2 Å². The summed E-state index contributed by atoms with van der Waals surface area (Å²) in [4.78, 5) is 80.8. The summed E-state index contributed by atoms with van der Waals surface area (Å²) in [7, 11) is 2.97. The Hall–Kier alpha value is -4.68. The Morgan fingerprint density at radius 3 is 2.27 bits per heavy atom. The Bertz CT molecular complexity index is 3020. The van der Waals surface area contributed by atoms with E-state index in [1.54, 1.807) is 51.1 Å². The average molecular weight is 1260 g/mol. The molecular weight excluding hydrogens is 1180 g/mol. The van der Waals surface area contributed by atoms with Crippen LogP contribution in [0.5, 0.6) is 0 Å². The molecule has 460 valence electrons. The first kappa shape index (κ1) is 72.6. The molecule has 0 spiro atoms. The number of carbonyl (C=O) groups excluding carboxylic acids is 5. The first-order valence-corrected chi connectivity index (χ1v) is 26.8. The second kappa shape index (κ2) is 29.6. The van der Waals surface area contributed by atoms with Crippen LogP contribution in [0.2, 0.25) is 0 Å². The number of halogens is 5. The zero-order valence-electron chi connectivity index (χ0n) is 48.4. The molecule has 3 fully saturated rings. The Labute approximate surface area is 518 Å². The molecule has 2 aromatic heterocycles. The summed E-state index contributed by atoms with van der Waals surface area (Å²) in [6.07, 6.45) is -4.98. The molecule has 83 heavy (non-hydrogen) atoms. The van der Waals surface area contributed by atoms with E-state index in [4.69, 9.17) is 9.47 Å². The van der Waals surface area contributed by atoms with Gasteiger partial charge in [0.25, 0.3) is 18.2 Å². The third kappa shape index (κ3) is 16.6. The summed E-state index contributed by atoms with van der Waals surface area (Å²) >= 11 is 0. The molecule has 0 radical (unpaired) electrons. The van der Waals surface area contributed by atoms with E-state index < -0.39 is 89.5 Å². The van der Waals surface area contributed by atoms with Gasteiger partial charge in [-0.05, 0) is 117 Å². The smallest absolute Gasteiger partial charge is 0.406 e. The third-order valence-corrected chi connectivity index (χ3v) is 15.6. The molecule has 5 atom stereocenters. The van der Waals surface area contributed by atoms with Crippen molar-refractivity contribution in [2.24, 2.45) is 17.3 Å². The molecule has 6 heterocycles. The fraction of sp³-hybridized carbons (Fsp3) is 0.552. The van der Waals surface area contributed by atoms with Gasteiger partial charge >= 0.3 is 12.1 Å². The zero-order chi connectivity index (χ0) is 56.6. The minimum atomic E-state index is -4.69. The lowest BCUT2D eigenvalue weighted by Crippen LogP contribution is -2.62. The highest BCUT2D eigenvalue weighted by molar-refractivity contribution is 7.60. The Balaban J connectivity index is 0.00000361. The Kier molecular flexibility index (Phi) is 25.9. The predicted octanol–water partition coefficient (Wildman–Crippen LogP) is 8.61. The lowest BCUT2D eigenvalue weighted by molar-refractivity contribution is -0.155. The van der Waals surface area contributed by atoms with Gasteiger partial charge in [0.15, 0.2) is 0 Å². The van der Waals surface area contributed by atoms with E-state index >= 15 is 8.78 Å². The Morgan fingerprint density at radius 1 is 0.940 bits per heavy atom. The molecule has 2 N–H and O–H groups in total. The number of nitrogens with zero attached hydrogens (tertiary/aromatic N) is 6. The highest BCUT2D eigenvalue weighted by Crippen LogP contribution is 2.43. The fourth-order valence-electron chi connectivity index (χ4n) is 11.2. The number of esters is 1. The van der Waals surface area contributed by atoms with Crippen LogP contribution in [0.15, 0.2) is 54.7 Å². The maximum atomic E-state index is 15.1. The average Bonchev–Trinajstić information content (AvgIpc) is 3.98. The number of hydrazine groups is 1. The Morgan fingerprint density at radius 2 is 1.64 bits per heavy atom. The molecule has 2 aromatic carbocycles. The number of methoxy groups -OCH3 is 1. The normalized spacial score (nSPS) is 19.8. The summed E-state index contributed by atoms with van der Waals surface area (Å²) in [5, 5.41) is 4.50. The number of amides is 4. The van der Waals surface area contributed by atoms with Crippen LogP contribution in [0.1, 0.15) is 109 Å². The van der Waals surface area contributed by atoms with E-state index in [1.165, 1.54) is 57.9 Å². The number of nitrogens with one attached hydrogen (secondary N) is 2. The van der Waals surface area contributed by atoms with Gasteiger partial charge in [0, 0.05) is 86.9 Å². The van der Waals surface area contributed by atoms with E-state index in [0.717, 1.165) is 19.5 Å². The number of pyridine rings is 1. The monoisotopic (exact) mass is 1260 g/mol. The number of fused-ring (bicyclic) bond motifs is 6. The van der Waals surface area contributed by atoms with E-state index in [2.05, 4.69) is 32.5 Å². The van der Waals surface area contributed by atoms with E-state index in [1.807, 2.05) is 27.7 Å². The van der Waals surface area contributed by atoms with Gasteiger partial charge < -0.3 is 29.2 Å². The summed E-state index contributed by atoms with van der Waals surface area (Å²) < 4.78 is 87.4. The maximum absolute atomic E-state index is 15.1. The summed E-state index contributed by atoms with van der Waals surface area (Å²) in [6.45, 7) is 13.6. The number of rotatable bonds is 11. The van der Waals surface area contributed by atoms with Crippen LogP contribution >= 0.6 is 67.5 Å². The van der Waals surface area contributed by atoms with Crippen LogP contribution in [-0.4, -0.2) is 142 Å². The summed E-state index contributed by atoms with van der Waals surface area (Å²) in [5.74, 6) is 1.91. The van der Waals surface area contributed by atoms with Crippen molar-refractivity contribution in [3.05, 3.63) is 77.1 Å². The molecule has 0 unspecified atom stereocenters. The van der Waals surface area contributed by atoms with Crippen LogP contribution in [0.25, 0.3) is 33.3 Å². The van der Waals surface area contributed by atoms with Crippen LogP contribution < -0.4 is 10.7 Å². The SMILES string of the molecule is CO[C@@H](C)c1ncccc1-c1c2c3cc(ccc3n1CC(F)(F)F)-c1cc(cc(C(F)F)c1)C[C@H](NC(=O)[C@H](C(C)C)N(C)C(=O)[C@H]1CCN(C(=O)C#CC(C)(C)N3CCC3)C1)C(=O)N1CCC[C@H](N1)C(=O)OCC(C)(C)C2.S.S.S.S.S. The standard InChI is InChI=1S/C58H71F5N8O7.5H2S/c1-34(2)49(67(8)53(74)38-18-24-68(31-38)47(72)17-19-57(6,7)69-21-12-22-69)52(73)65-45-27-36-25-39(28-40(26-36)51(59)60)37-15-16-46-42(29-37)43(30-56(4,5)33-78-55(76)44-14-11-23-71(66-44)54(45)75)50(70(46)32-58(61,62)63)41-13-10-20-64-48(41)35(3)77-9;;;;;/h10,13,15-16,20,25-26,28-29,34-35,38,44-45,49,51,66H,11-12,14,18,21-24,27,30-33H2,1-9H3,(H,65,73);5*1H2/t35-,38-,44-,45-,49-;;;;;/m0...../s1. The third-order valence-electron chi connectivity index (χ3n) is 15.6. The van der Waals surface area contributed by atoms with Crippen LogP contribution in [-0.2, 0) is 52.8 Å². The van der Waals surface area contributed by atoms with Crippen LogP contribution in [0, 0.1) is 29.1 Å². The lowest BCUT2D eigenvalue weighted by Gasteiger charge is -2.41. The quantitative estimate of drug-likeness (QED) is 0.0847. The van der Waals surface area contributed by atoms with Crippen LogP contribution in [0.4, 0.5) is 22.0 Å². The van der Waals surface area contributed by atoms with Crippen molar-refractivity contribution in [3.63, 3.8) is 0 Å². The molecule has 15 nitrogen and oxygen atoms in total. The second-order valence-corrected chi connectivity index (χ2v) is 22.9. The number of ether oxygens (including phenoxy) is 2. The zero-order valence-corrected chi connectivity index (χ0v) is 53.4. The van der Waals surface area contributed by atoms with Crippen LogP contribution in [0.3, 0.4) is 0 Å². The minimum Gasteiger partial charge on any atom is -0.464 e. The summed E-state index contributed by atoms with van der Waals surface area (Å²) in [5.41, 5.74) is 3.76. The highest BCUT2D eigenvalue weighted by atomic mass is 32.1. The number of aromatic nitrogens is 2. The number of cyclic esters (lactones) is 1. The van der Waals surface area contributed by atoms with Crippen molar-refractivity contribution >= 4 is 108 Å². The van der Waals surface area contributed by atoms with Gasteiger partial charge in [-0.15, -0.1) is 0 Å². The van der Waals surface area contributed by atoms with Crippen molar-refractivity contribution in [3.8, 4) is 34.2 Å². The van der Waals surface area contributed by atoms with E-state index in [9.17, 15) is 37.1 Å². The molecule has 6 bridgehead atoms. The van der Waals surface area contributed by atoms with Crippen molar-refractivity contribution in [1.29, 1.82) is 0 Å². The molecule has 4 aromatic rings. The predicted molar refractivity (Wildman–Crippen MR) is 335 cm³/mol. The molecule has 4 amide bonds. The minimum absolute atomic E-state index is 0. The first-order valence-electron chi connectivity index (χ1n) is 26.8. The molecule has 0 aliphatic carbocycles. The van der Waals surface area contributed by atoms with Gasteiger partial charge in [-0.3, -0.25) is 38.9 Å². The molecule has 3 saturated heterocycles. The lowest BCUT2D eigenvalue weighted by atomic mass is 9.84. The summed E-state index contributed by atoms with van der Waals surface area (Å²) in [6, 6.07) is 8.65. The van der Waals surface area contributed by atoms with Gasteiger partial charge in [0.1, 0.15) is 24.7 Å². The van der Waals surface area contributed by atoms with E-state index in [-0.39, 0.29) is 141 Å². The number of likely N-dealkylation sites (tertiary alicyclic amines) is 2. The second-order valence-electron chi connectivity index (χ2n) is 22.9. The van der Waals surface area contributed by atoms with Gasteiger partial charge in [-0.2, -0.15) is 80.6 Å². The van der Waals surface area contributed by atoms with Gasteiger partial charge in [0.2, 0.25) is 11.8 Å².